The van der Waals surface area contributed by atoms with Gasteiger partial charge in [-0.05, 0) is 18.9 Å². The van der Waals surface area contributed by atoms with Gasteiger partial charge in [0, 0.05) is 19.5 Å². The lowest BCUT2D eigenvalue weighted by Gasteiger charge is -2.28. The maximum Gasteiger partial charge on any atom is 0.0792 e. The molecule has 0 atom stereocenters. The first kappa shape index (κ1) is 27.6. The topological polar surface area (TPSA) is 3.24 Å². The Labute approximate surface area is 171 Å². The van der Waals surface area contributed by atoms with E-state index in [4.69, 9.17) is 0 Å². The number of quaternary nitrogens is 1. The predicted molar refractivity (Wildman–Crippen MR) is 111 cm³/mol. The van der Waals surface area contributed by atoms with Gasteiger partial charge in [0.1, 0.15) is 0 Å². The number of nitrogens with zero attached hydrogens (tertiary/aromatic N) is 2. The van der Waals surface area contributed by atoms with Gasteiger partial charge in [0.15, 0.2) is 0 Å². The molecular weight excluding hydrogens is 372 g/mol. The van der Waals surface area contributed by atoms with Gasteiger partial charge in [-0.2, -0.15) is 0 Å². The van der Waals surface area contributed by atoms with Crippen molar-refractivity contribution in [3.8, 4) is 0 Å². The van der Waals surface area contributed by atoms with Gasteiger partial charge in [0.25, 0.3) is 0 Å². The zero-order valence-corrected chi connectivity index (χ0v) is 20.0. The molecule has 0 heterocycles. The molecule has 0 amide bonds. The average Bonchev–Trinajstić information content (AvgIpc) is 2.47. The molecule has 0 saturated carbocycles. The van der Waals surface area contributed by atoms with Crippen molar-refractivity contribution in [2.24, 2.45) is 5.92 Å². The van der Waals surface area contributed by atoms with Crippen LogP contribution in [-0.2, 0) is 0 Å². The Morgan fingerprint density at radius 3 is 1.56 bits per heavy atom. The third-order valence-corrected chi connectivity index (χ3v) is 4.75. The summed E-state index contributed by atoms with van der Waals surface area (Å²) in [7, 11) is 6.90. The molecule has 0 aliphatic carbocycles. The van der Waals surface area contributed by atoms with Crippen molar-refractivity contribution in [3.05, 3.63) is 0 Å². The molecule has 0 saturated heterocycles. The predicted octanol–water partition coefficient (Wildman–Crippen LogP) is 2.97. The van der Waals surface area contributed by atoms with Crippen LogP contribution in [-0.4, -0.2) is 56.7 Å². The van der Waals surface area contributed by atoms with Crippen LogP contribution in [0.4, 0.5) is 0 Å². The summed E-state index contributed by atoms with van der Waals surface area (Å²) >= 11 is 0. The van der Waals surface area contributed by atoms with Gasteiger partial charge in [0.05, 0.1) is 27.7 Å². The lowest BCUT2D eigenvalue weighted by Crippen LogP contribution is -3.00. The molecule has 0 fully saturated rings. The lowest BCUT2D eigenvalue weighted by atomic mass is 10.1. The van der Waals surface area contributed by atoms with E-state index in [-0.39, 0.29) is 17.0 Å². The zero-order valence-electron chi connectivity index (χ0n) is 18.5. The summed E-state index contributed by atoms with van der Waals surface area (Å²) in [4.78, 5) is 2.71. The van der Waals surface area contributed by atoms with E-state index in [1.807, 2.05) is 0 Å². The molecule has 25 heavy (non-hydrogen) atoms. The lowest BCUT2D eigenvalue weighted by molar-refractivity contribution is -0.870. The molecule has 0 unspecified atom stereocenters. The van der Waals surface area contributed by atoms with Gasteiger partial charge in [0.2, 0.25) is 0 Å². The molecule has 0 spiro atoms. The summed E-state index contributed by atoms with van der Waals surface area (Å²) in [6, 6.07) is 0. The second-order valence-electron chi connectivity index (χ2n) is 9.24. The highest BCUT2D eigenvalue weighted by Gasteiger charge is 2.11. The van der Waals surface area contributed by atoms with Gasteiger partial charge in [-0.3, -0.25) is 0 Å². The van der Waals surface area contributed by atoms with Crippen LogP contribution in [0.5, 0.6) is 0 Å². The fraction of sp³-hybridized carbons (Fsp3) is 1.00. The Hall–Kier alpha value is 0.400. The SMILES string of the molecule is CCCCCCCCCCCCN(CCC[N+](C)(C)C)CC(C)C.[Br-]. The van der Waals surface area contributed by atoms with Gasteiger partial charge in [-0.1, -0.05) is 78.6 Å². The van der Waals surface area contributed by atoms with Crippen molar-refractivity contribution in [1.82, 2.24) is 4.90 Å². The smallest absolute Gasteiger partial charge is 0.0792 e. The Morgan fingerprint density at radius 2 is 1.12 bits per heavy atom. The molecule has 0 rings (SSSR count). The Morgan fingerprint density at radius 1 is 0.680 bits per heavy atom. The first-order valence-corrected chi connectivity index (χ1v) is 10.9. The third kappa shape index (κ3) is 22.4. The first-order valence-electron chi connectivity index (χ1n) is 10.9. The molecule has 0 bridgehead atoms. The second-order valence-corrected chi connectivity index (χ2v) is 9.24. The molecule has 0 aliphatic heterocycles. The molecule has 0 radical (unpaired) electrons. The van der Waals surface area contributed by atoms with E-state index >= 15 is 0 Å². The Kier molecular flexibility index (Phi) is 19.7. The average molecular weight is 422 g/mol. The van der Waals surface area contributed by atoms with Crippen molar-refractivity contribution >= 4 is 0 Å². The van der Waals surface area contributed by atoms with Crippen LogP contribution in [0, 0.1) is 5.92 Å². The highest BCUT2D eigenvalue weighted by molar-refractivity contribution is 4.61. The fourth-order valence-electron chi connectivity index (χ4n) is 3.40. The zero-order chi connectivity index (χ0) is 18.3. The van der Waals surface area contributed by atoms with Crippen molar-refractivity contribution in [2.75, 3.05) is 47.3 Å². The number of hydrogen-bond donors (Lipinski definition) is 0. The highest BCUT2D eigenvalue weighted by atomic mass is 79.9. The van der Waals surface area contributed by atoms with Crippen molar-refractivity contribution in [2.45, 2.75) is 91.4 Å². The molecule has 0 aliphatic rings. The minimum atomic E-state index is 0. The quantitative estimate of drug-likeness (QED) is 0.258. The largest absolute Gasteiger partial charge is 1.00 e. The summed E-state index contributed by atoms with van der Waals surface area (Å²) in [6.07, 6.45) is 15.7. The third-order valence-electron chi connectivity index (χ3n) is 4.75. The van der Waals surface area contributed by atoms with E-state index in [9.17, 15) is 0 Å². The molecule has 0 N–H and O–H groups in total. The first-order chi connectivity index (χ1) is 11.3. The van der Waals surface area contributed by atoms with Crippen LogP contribution in [0.15, 0.2) is 0 Å². The molecule has 0 aromatic rings. The fourth-order valence-corrected chi connectivity index (χ4v) is 3.40. The summed E-state index contributed by atoms with van der Waals surface area (Å²) in [5.74, 6) is 0.789. The van der Waals surface area contributed by atoms with Gasteiger partial charge in [-0.15, -0.1) is 0 Å². The van der Waals surface area contributed by atoms with Crippen LogP contribution in [0.2, 0.25) is 0 Å². The van der Waals surface area contributed by atoms with E-state index in [2.05, 4.69) is 46.8 Å². The number of rotatable bonds is 17. The van der Waals surface area contributed by atoms with Crippen LogP contribution in [0.3, 0.4) is 0 Å². The molecule has 3 heteroatoms. The van der Waals surface area contributed by atoms with E-state index in [1.165, 1.54) is 96.8 Å². The summed E-state index contributed by atoms with van der Waals surface area (Å²) in [5.41, 5.74) is 0. The van der Waals surface area contributed by atoms with E-state index in [0.29, 0.717) is 0 Å². The molecule has 0 aromatic heterocycles. The summed E-state index contributed by atoms with van der Waals surface area (Å²) < 4.78 is 1.09. The number of halogens is 1. The monoisotopic (exact) mass is 420 g/mol. The van der Waals surface area contributed by atoms with E-state index in [0.717, 1.165) is 10.4 Å². The van der Waals surface area contributed by atoms with Crippen molar-refractivity contribution in [3.63, 3.8) is 0 Å². The van der Waals surface area contributed by atoms with E-state index < -0.39 is 0 Å². The van der Waals surface area contributed by atoms with Crippen LogP contribution < -0.4 is 17.0 Å². The molecule has 0 aromatic carbocycles. The Balaban J connectivity index is 0. The summed E-state index contributed by atoms with van der Waals surface area (Å²) in [5, 5.41) is 0. The number of hydrogen-bond acceptors (Lipinski definition) is 1. The van der Waals surface area contributed by atoms with Gasteiger partial charge >= 0.3 is 0 Å². The van der Waals surface area contributed by atoms with Crippen LogP contribution >= 0.6 is 0 Å². The van der Waals surface area contributed by atoms with Gasteiger partial charge in [-0.25, -0.2) is 0 Å². The summed E-state index contributed by atoms with van der Waals surface area (Å²) in [6.45, 7) is 12.2. The van der Waals surface area contributed by atoms with Crippen LogP contribution in [0.1, 0.15) is 91.4 Å². The van der Waals surface area contributed by atoms with Crippen molar-refractivity contribution < 1.29 is 21.5 Å². The van der Waals surface area contributed by atoms with E-state index in [1.54, 1.807) is 0 Å². The molecule has 154 valence electrons. The van der Waals surface area contributed by atoms with Gasteiger partial charge < -0.3 is 26.4 Å². The minimum absolute atomic E-state index is 0. The maximum atomic E-state index is 2.71. The van der Waals surface area contributed by atoms with Crippen LogP contribution in [0.25, 0.3) is 0 Å². The normalized spacial score (nSPS) is 12.0. The van der Waals surface area contributed by atoms with Crippen molar-refractivity contribution in [1.29, 1.82) is 0 Å². The maximum absolute atomic E-state index is 2.71. The minimum Gasteiger partial charge on any atom is -1.00 e. The standard InChI is InChI=1S/C22H49N2.BrH/c1-7-8-9-10-11-12-13-14-15-16-18-23(21-22(2)3)19-17-20-24(4,5)6;/h22H,7-21H2,1-6H3;1H/q+1;/p-1. The molecule has 2 nitrogen and oxygen atoms in total. The Bertz CT molecular complexity index is 261. The number of unbranched alkanes of at least 4 members (excludes halogenated alkanes) is 9. The highest BCUT2D eigenvalue weighted by Crippen LogP contribution is 2.11. The second kappa shape index (κ2) is 17.8. The molecular formula is C22H49BrN2.